The third kappa shape index (κ3) is 5.03. The van der Waals surface area contributed by atoms with Crippen molar-refractivity contribution in [2.24, 2.45) is 5.92 Å². The van der Waals surface area contributed by atoms with E-state index in [1.54, 1.807) is 7.11 Å². The summed E-state index contributed by atoms with van der Waals surface area (Å²) in [4.78, 5) is 11.6. The predicted molar refractivity (Wildman–Crippen MR) is 75.8 cm³/mol. The number of esters is 1. The zero-order valence-corrected chi connectivity index (χ0v) is 13.1. The molecule has 0 aromatic heterocycles. The molecule has 6 nitrogen and oxygen atoms in total. The second-order valence-corrected chi connectivity index (χ2v) is 7.08. The van der Waals surface area contributed by atoms with Crippen LogP contribution in [0.2, 0.25) is 0 Å². The Balaban J connectivity index is 2.41. The summed E-state index contributed by atoms with van der Waals surface area (Å²) in [6.45, 7) is 1.11. The van der Waals surface area contributed by atoms with Gasteiger partial charge >= 0.3 is 5.97 Å². The number of hydrogen-bond acceptors (Lipinski definition) is 5. The van der Waals surface area contributed by atoms with Crippen LogP contribution in [0.5, 0.6) is 0 Å². The minimum absolute atomic E-state index is 0.413. The standard InChI is InChI=1S/C13H25NO5S/c1-18-10-5-3-4-9-14-20(16,17)12-8-6-7-11(12)13(15)19-2/h11-12,14H,3-10H2,1-2H3. The molecule has 2 atom stereocenters. The maximum atomic E-state index is 12.2. The van der Waals surface area contributed by atoms with Crippen molar-refractivity contribution in [2.45, 2.75) is 43.8 Å². The number of carbonyl (C=O) groups excluding carboxylic acids is 1. The van der Waals surface area contributed by atoms with E-state index < -0.39 is 27.2 Å². The summed E-state index contributed by atoms with van der Waals surface area (Å²) in [6, 6.07) is 0. The molecule has 1 fully saturated rings. The fourth-order valence-electron chi connectivity index (χ4n) is 2.59. The lowest BCUT2D eigenvalue weighted by atomic mass is 10.1. The fourth-order valence-corrected chi connectivity index (χ4v) is 4.39. The summed E-state index contributed by atoms with van der Waals surface area (Å²) in [5.41, 5.74) is 0. The molecule has 0 heterocycles. The normalized spacial score (nSPS) is 22.9. The summed E-state index contributed by atoms with van der Waals surface area (Å²) < 4.78 is 36.6. The van der Waals surface area contributed by atoms with Crippen molar-refractivity contribution in [2.75, 3.05) is 27.4 Å². The van der Waals surface area contributed by atoms with Crippen LogP contribution in [-0.4, -0.2) is 47.0 Å². The Morgan fingerprint density at radius 3 is 2.60 bits per heavy atom. The first kappa shape index (κ1) is 17.4. The highest BCUT2D eigenvalue weighted by Gasteiger charge is 2.41. The second-order valence-electron chi connectivity index (χ2n) is 5.09. The van der Waals surface area contributed by atoms with Crippen LogP contribution in [0.1, 0.15) is 38.5 Å². The number of carbonyl (C=O) groups is 1. The van der Waals surface area contributed by atoms with Crippen LogP contribution in [0.15, 0.2) is 0 Å². The van der Waals surface area contributed by atoms with E-state index in [4.69, 9.17) is 4.74 Å². The lowest BCUT2D eigenvalue weighted by Crippen LogP contribution is -2.39. The molecule has 1 N–H and O–H groups in total. The molecular formula is C13H25NO5S. The number of hydrogen-bond donors (Lipinski definition) is 1. The Hall–Kier alpha value is -0.660. The highest BCUT2D eigenvalue weighted by atomic mass is 32.2. The van der Waals surface area contributed by atoms with E-state index >= 15 is 0 Å². The van der Waals surface area contributed by atoms with Crippen molar-refractivity contribution < 1.29 is 22.7 Å². The van der Waals surface area contributed by atoms with E-state index in [-0.39, 0.29) is 0 Å². The first-order valence-corrected chi connectivity index (χ1v) is 8.62. The highest BCUT2D eigenvalue weighted by molar-refractivity contribution is 7.90. The van der Waals surface area contributed by atoms with Gasteiger partial charge in [0, 0.05) is 20.3 Å². The molecule has 0 amide bonds. The van der Waals surface area contributed by atoms with Gasteiger partial charge in [-0.05, 0) is 32.1 Å². The highest BCUT2D eigenvalue weighted by Crippen LogP contribution is 2.31. The van der Waals surface area contributed by atoms with Crippen LogP contribution in [0.3, 0.4) is 0 Å². The van der Waals surface area contributed by atoms with E-state index in [0.29, 0.717) is 26.0 Å². The Labute approximate surface area is 121 Å². The third-order valence-corrected chi connectivity index (χ3v) is 5.65. The van der Waals surface area contributed by atoms with Gasteiger partial charge in [-0.2, -0.15) is 0 Å². The summed E-state index contributed by atoms with van der Waals surface area (Å²) >= 11 is 0. The number of nitrogens with one attached hydrogen (secondary N) is 1. The summed E-state index contributed by atoms with van der Waals surface area (Å²) in [5, 5.41) is -0.645. The number of sulfonamides is 1. The molecule has 0 aromatic carbocycles. The first-order chi connectivity index (χ1) is 9.53. The summed E-state index contributed by atoms with van der Waals surface area (Å²) in [5.74, 6) is -0.941. The predicted octanol–water partition coefficient (Wildman–Crippen LogP) is 1.06. The molecule has 7 heteroatoms. The van der Waals surface area contributed by atoms with Crippen LogP contribution in [0, 0.1) is 5.92 Å². The van der Waals surface area contributed by atoms with Gasteiger partial charge in [0.25, 0.3) is 0 Å². The monoisotopic (exact) mass is 307 g/mol. The van der Waals surface area contributed by atoms with E-state index in [1.165, 1.54) is 7.11 Å². The SMILES string of the molecule is COCCCCCNS(=O)(=O)C1CCCC1C(=O)OC. The van der Waals surface area contributed by atoms with Crippen molar-refractivity contribution in [1.82, 2.24) is 4.72 Å². The number of ether oxygens (including phenoxy) is 2. The molecule has 0 aromatic rings. The van der Waals surface area contributed by atoms with Crippen molar-refractivity contribution >= 4 is 16.0 Å². The molecule has 1 aliphatic rings. The molecule has 20 heavy (non-hydrogen) atoms. The lowest BCUT2D eigenvalue weighted by Gasteiger charge is -2.18. The molecule has 0 radical (unpaired) electrons. The van der Waals surface area contributed by atoms with Gasteiger partial charge in [-0.3, -0.25) is 4.79 Å². The number of methoxy groups -OCH3 is 2. The zero-order chi connectivity index (χ0) is 15.0. The largest absolute Gasteiger partial charge is 0.469 e. The van der Waals surface area contributed by atoms with Gasteiger partial charge in [0.05, 0.1) is 18.3 Å². The molecule has 0 spiro atoms. The van der Waals surface area contributed by atoms with Gasteiger partial charge in [0.1, 0.15) is 0 Å². The Bertz CT molecular complexity index is 396. The lowest BCUT2D eigenvalue weighted by molar-refractivity contribution is -0.145. The molecule has 1 rings (SSSR count). The Morgan fingerprint density at radius 1 is 1.20 bits per heavy atom. The number of unbranched alkanes of at least 4 members (excludes halogenated alkanes) is 2. The van der Waals surface area contributed by atoms with Crippen molar-refractivity contribution in [3.05, 3.63) is 0 Å². The average molecular weight is 307 g/mol. The topological polar surface area (TPSA) is 81.7 Å². The van der Waals surface area contributed by atoms with Gasteiger partial charge in [0.2, 0.25) is 10.0 Å². The fraction of sp³-hybridized carbons (Fsp3) is 0.923. The first-order valence-electron chi connectivity index (χ1n) is 7.08. The van der Waals surface area contributed by atoms with Gasteiger partial charge in [0.15, 0.2) is 0 Å². The second kappa shape index (κ2) is 8.59. The van der Waals surface area contributed by atoms with Gasteiger partial charge in [-0.1, -0.05) is 6.42 Å². The zero-order valence-electron chi connectivity index (χ0n) is 12.3. The molecule has 118 valence electrons. The maximum absolute atomic E-state index is 12.2. The van der Waals surface area contributed by atoms with E-state index in [9.17, 15) is 13.2 Å². The average Bonchev–Trinajstić information content (AvgIpc) is 2.92. The van der Waals surface area contributed by atoms with Crippen molar-refractivity contribution in [3.8, 4) is 0 Å². The third-order valence-electron chi connectivity index (χ3n) is 3.68. The molecule has 2 unspecified atom stereocenters. The van der Waals surface area contributed by atoms with Crippen molar-refractivity contribution in [1.29, 1.82) is 0 Å². The Kier molecular flexibility index (Phi) is 7.47. The van der Waals surface area contributed by atoms with Crippen molar-refractivity contribution in [3.63, 3.8) is 0 Å². The smallest absolute Gasteiger partial charge is 0.310 e. The van der Waals surface area contributed by atoms with E-state index in [2.05, 4.69) is 9.46 Å². The van der Waals surface area contributed by atoms with E-state index in [1.807, 2.05) is 0 Å². The van der Waals surface area contributed by atoms with Crippen LogP contribution < -0.4 is 4.72 Å². The van der Waals surface area contributed by atoms with Crippen LogP contribution in [0.4, 0.5) is 0 Å². The minimum Gasteiger partial charge on any atom is -0.469 e. The van der Waals surface area contributed by atoms with E-state index in [0.717, 1.165) is 25.7 Å². The quantitative estimate of drug-likeness (QED) is 0.509. The van der Waals surface area contributed by atoms with Gasteiger partial charge < -0.3 is 9.47 Å². The molecule has 0 saturated heterocycles. The minimum atomic E-state index is -3.44. The molecular weight excluding hydrogens is 282 g/mol. The van der Waals surface area contributed by atoms with Gasteiger partial charge in [-0.25, -0.2) is 13.1 Å². The van der Waals surface area contributed by atoms with Crippen LogP contribution in [-0.2, 0) is 24.3 Å². The van der Waals surface area contributed by atoms with Crippen LogP contribution in [0.25, 0.3) is 0 Å². The molecule has 1 aliphatic carbocycles. The molecule has 1 saturated carbocycles. The summed E-state index contributed by atoms with van der Waals surface area (Å²) in [6.07, 6.45) is 4.48. The molecule has 0 aliphatic heterocycles. The summed E-state index contributed by atoms with van der Waals surface area (Å²) in [7, 11) is -0.491. The molecule has 0 bridgehead atoms. The Morgan fingerprint density at radius 2 is 1.95 bits per heavy atom. The maximum Gasteiger partial charge on any atom is 0.310 e. The van der Waals surface area contributed by atoms with Crippen LogP contribution >= 0.6 is 0 Å². The van der Waals surface area contributed by atoms with Gasteiger partial charge in [-0.15, -0.1) is 0 Å². The number of rotatable bonds is 9.